The van der Waals surface area contributed by atoms with E-state index in [1.807, 2.05) is 12.1 Å². The Balaban J connectivity index is 1.74. The lowest BCUT2D eigenvalue weighted by Gasteiger charge is -2.26. The maximum absolute atomic E-state index is 5.36. The number of hydrogen-bond donors (Lipinski definition) is 1. The van der Waals surface area contributed by atoms with E-state index in [9.17, 15) is 0 Å². The first kappa shape index (κ1) is 14.8. The van der Waals surface area contributed by atoms with Crippen molar-refractivity contribution >= 4 is 15.9 Å². The lowest BCUT2D eigenvalue weighted by molar-refractivity contribution is 0.0384. The number of ether oxygens (including phenoxy) is 2. The molecule has 4 nitrogen and oxygen atoms in total. The highest BCUT2D eigenvalue weighted by Crippen LogP contribution is 2.22. The fourth-order valence-electron chi connectivity index (χ4n) is 2.17. The molecule has 0 bridgehead atoms. The Bertz CT molecular complexity index is 395. The summed E-state index contributed by atoms with van der Waals surface area (Å²) >= 11 is 3.49. The van der Waals surface area contributed by atoms with Gasteiger partial charge in [0.25, 0.3) is 0 Å². The summed E-state index contributed by atoms with van der Waals surface area (Å²) in [5, 5.41) is 3.47. The van der Waals surface area contributed by atoms with Crippen molar-refractivity contribution in [2.24, 2.45) is 0 Å². The van der Waals surface area contributed by atoms with Crippen LogP contribution >= 0.6 is 15.9 Å². The van der Waals surface area contributed by atoms with E-state index in [1.54, 1.807) is 7.11 Å². The van der Waals surface area contributed by atoms with Gasteiger partial charge < -0.3 is 14.8 Å². The molecule has 0 radical (unpaired) electrons. The highest BCUT2D eigenvalue weighted by Gasteiger charge is 2.09. The summed E-state index contributed by atoms with van der Waals surface area (Å²) in [6.45, 7) is 6.69. The van der Waals surface area contributed by atoms with Crippen LogP contribution in [0.1, 0.15) is 5.56 Å². The number of hydrogen-bond acceptors (Lipinski definition) is 4. The fourth-order valence-corrected chi connectivity index (χ4v) is 2.58. The van der Waals surface area contributed by atoms with E-state index >= 15 is 0 Å². The predicted molar refractivity (Wildman–Crippen MR) is 79.7 cm³/mol. The van der Waals surface area contributed by atoms with Crippen molar-refractivity contribution in [2.75, 3.05) is 46.5 Å². The van der Waals surface area contributed by atoms with Gasteiger partial charge in [-0.05, 0) is 18.2 Å². The normalized spacial score (nSPS) is 16.5. The molecule has 1 aliphatic rings. The molecule has 0 aromatic heterocycles. The first-order chi connectivity index (χ1) is 9.29. The predicted octanol–water partition coefficient (Wildman–Crippen LogP) is 1.88. The van der Waals surface area contributed by atoms with Crippen LogP contribution in [0, 0.1) is 0 Å². The quantitative estimate of drug-likeness (QED) is 0.808. The lowest BCUT2D eigenvalue weighted by Crippen LogP contribution is -2.40. The Morgan fingerprint density at radius 3 is 2.89 bits per heavy atom. The molecule has 0 spiro atoms. The third-order valence-electron chi connectivity index (χ3n) is 3.27. The monoisotopic (exact) mass is 328 g/mol. The van der Waals surface area contributed by atoms with Crippen molar-refractivity contribution in [1.29, 1.82) is 0 Å². The van der Waals surface area contributed by atoms with E-state index < -0.39 is 0 Å². The van der Waals surface area contributed by atoms with Crippen LogP contribution in [0.25, 0.3) is 0 Å². The van der Waals surface area contributed by atoms with E-state index in [0.29, 0.717) is 0 Å². The number of halogens is 1. The van der Waals surface area contributed by atoms with Gasteiger partial charge in [0.15, 0.2) is 0 Å². The van der Waals surface area contributed by atoms with Crippen molar-refractivity contribution in [3.05, 3.63) is 28.2 Å². The van der Waals surface area contributed by atoms with Crippen molar-refractivity contribution in [2.45, 2.75) is 6.54 Å². The van der Waals surface area contributed by atoms with Crippen LogP contribution in [0.15, 0.2) is 22.7 Å². The summed E-state index contributed by atoms with van der Waals surface area (Å²) in [6.07, 6.45) is 0. The number of nitrogens with one attached hydrogen (secondary N) is 1. The number of methoxy groups -OCH3 is 1. The summed E-state index contributed by atoms with van der Waals surface area (Å²) in [6, 6.07) is 6.08. The molecule has 0 saturated carbocycles. The van der Waals surface area contributed by atoms with Crippen LogP contribution in [0.2, 0.25) is 0 Å². The summed E-state index contributed by atoms with van der Waals surface area (Å²) in [7, 11) is 1.71. The third-order valence-corrected chi connectivity index (χ3v) is 3.76. The van der Waals surface area contributed by atoms with Crippen molar-refractivity contribution in [3.63, 3.8) is 0 Å². The van der Waals surface area contributed by atoms with Gasteiger partial charge >= 0.3 is 0 Å². The van der Waals surface area contributed by atoms with Crippen LogP contribution in [-0.4, -0.2) is 51.4 Å². The number of benzene rings is 1. The summed E-state index contributed by atoms with van der Waals surface area (Å²) < 4.78 is 11.8. The van der Waals surface area contributed by atoms with E-state index in [1.165, 1.54) is 5.56 Å². The van der Waals surface area contributed by atoms with E-state index in [-0.39, 0.29) is 0 Å². The summed E-state index contributed by atoms with van der Waals surface area (Å²) in [5.74, 6) is 0.932. The molecular weight excluding hydrogens is 308 g/mol. The minimum atomic E-state index is 0.826. The standard InChI is InChI=1S/C14H21BrN2O2/c1-18-14-3-2-13(15)10-12(14)11-16-4-5-17-6-8-19-9-7-17/h2-3,10,16H,4-9,11H2,1H3. The van der Waals surface area contributed by atoms with Crippen LogP contribution in [-0.2, 0) is 11.3 Å². The third kappa shape index (κ3) is 4.76. The Kier molecular flexibility index (Phi) is 6.10. The molecule has 106 valence electrons. The number of morpholine rings is 1. The zero-order chi connectivity index (χ0) is 13.5. The Hall–Kier alpha value is -0.620. The average Bonchev–Trinajstić information content (AvgIpc) is 2.45. The van der Waals surface area contributed by atoms with E-state index in [4.69, 9.17) is 9.47 Å². The van der Waals surface area contributed by atoms with Crippen LogP contribution in [0.4, 0.5) is 0 Å². The van der Waals surface area contributed by atoms with Gasteiger partial charge in [0.05, 0.1) is 20.3 Å². The van der Waals surface area contributed by atoms with Gasteiger partial charge in [0, 0.05) is 42.8 Å². The largest absolute Gasteiger partial charge is 0.496 e. The molecule has 1 aromatic rings. The first-order valence-corrected chi connectivity index (χ1v) is 7.42. The molecule has 2 rings (SSSR count). The van der Waals surface area contributed by atoms with E-state index in [0.717, 1.165) is 56.2 Å². The zero-order valence-corrected chi connectivity index (χ0v) is 12.9. The Morgan fingerprint density at radius 1 is 1.37 bits per heavy atom. The van der Waals surface area contributed by atoms with Crippen LogP contribution in [0.3, 0.4) is 0 Å². The van der Waals surface area contributed by atoms with Crippen LogP contribution in [0.5, 0.6) is 5.75 Å². The minimum Gasteiger partial charge on any atom is -0.496 e. The van der Waals surface area contributed by atoms with Crippen LogP contribution < -0.4 is 10.1 Å². The van der Waals surface area contributed by atoms with Crippen molar-refractivity contribution < 1.29 is 9.47 Å². The fraction of sp³-hybridized carbons (Fsp3) is 0.571. The Morgan fingerprint density at radius 2 is 2.16 bits per heavy atom. The molecular formula is C14H21BrN2O2. The highest BCUT2D eigenvalue weighted by atomic mass is 79.9. The van der Waals surface area contributed by atoms with Crippen molar-refractivity contribution in [3.8, 4) is 5.75 Å². The number of rotatable bonds is 6. The van der Waals surface area contributed by atoms with Gasteiger partial charge in [-0.3, -0.25) is 4.90 Å². The topological polar surface area (TPSA) is 33.7 Å². The minimum absolute atomic E-state index is 0.826. The van der Waals surface area contributed by atoms with Gasteiger partial charge in [0.2, 0.25) is 0 Å². The molecule has 1 heterocycles. The lowest BCUT2D eigenvalue weighted by atomic mass is 10.2. The maximum Gasteiger partial charge on any atom is 0.123 e. The molecule has 5 heteroatoms. The average molecular weight is 329 g/mol. The second kappa shape index (κ2) is 7.85. The molecule has 0 unspecified atom stereocenters. The number of nitrogens with zero attached hydrogens (tertiary/aromatic N) is 1. The zero-order valence-electron chi connectivity index (χ0n) is 11.3. The van der Waals surface area contributed by atoms with Gasteiger partial charge in [-0.25, -0.2) is 0 Å². The van der Waals surface area contributed by atoms with Gasteiger partial charge in [-0.2, -0.15) is 0 Å². The second-order valence-corrected chi connectivity index (χ2v) is 5.50. The summed E-state index contributed by atoms with van der Waals surface area (Å²) in [4.78, 5) is 2.43. The smallest absolute Gasteiger partial charge is 0.123 e. The molecule has 1 aliphatic heterocycles. The second-order valence-electron chi connectivity index (χ2n) is 4.59. The van der Waals surface area contributed by atoms with E-state index in [2.05, 4.69) is 32.2 Å². The van der Waals surface area contributed by atoms with Gasteiger partial charge in [0.1, 0.15) is 5.75 Å². The van der Waals surface area contributed by atoms with Gasteiger partial charge in [-0.1, -0.05) is 15.9 Å². The molecule has 0 aliphatic carbocycles. The molecule has 1 aromatic carbocycles. The molecule has 19 heavy (non-hydrogen) atoms. The van der Waals surface area contributed by atoms with Gasteiger partial charge in [-0.15, -0.1) is 0 Å². The van der Waals surface area contributed by atoms with Crippen molar-refractivity contribution in [1.82, 2.24) is 10.2 Å². The molecule has 1 saturated heterocycles. The highest BCUT2D eigenvalue weighted by molar-refractivity contribution is 9.10. The molecule has 1 N–H and O–H groups in total. The summed E-state index contributed by atoms with van der Waals surface area (Å²) in [5.41, 5.74) is 1.18. The SMILES string of the molecule is COc1ccc(Br)cc1CNCCN1CCOCC1. The molecule has 1 fully saturated rings. The first-order valence-electron chi connectivity index (χ1n) is 6.63. The molecule has 0 amide bonds. The maximum atomic E-state index is 5.36. The Labute approximate surface area is 123 Å². The molecule has 0 atom stereocenters.